The summed E-state index contributed by atoms with van der Waals surface area (Å²) in [5, 5.41) is 3.38. The Kier molecular flexibility index (Phi) is 4.34. The summed E-state index contributed by atoms with van der Waals surface area (Å²) in [5.41, 5.74) is 2.82. The quantitative estimate of drug-likeness (QED) is 0.946. The van der Waals surface area contributed by atoms with Gasteiger partial charge in [0.05, 0.1) is 5.69 Å². The van der Waals surface area contributed by atoms with Crippen molar-refractivity contribution in [1.29, 1.82) is 0 Å². The van der Waals surface area contributed by atoms with Crippen LogP contribution >= 0.6 is 0 Å². The highest BCUT2D eigenvalue weighted by atomic mass is 19.1. The number of rotatable bonds is 3. The first-order valence-corrected chi connectivity index (χ1v) is 7.66. The normalized spacial score (nSPS) is 15.8. The Balaban J connectivity index is 2.07. The van der Waals surface area contributed by atoms with E-state index in [2.05, 4.69) is 10.3 Å². The van der Waals surface area contributed by atoms with Gasteiger partial charge in [-0.25, -0.2) is 14.4 Å². The number of nitrogens with zero attached hydrogens (tertiary/aromatic N) is 3. The molecule has 2 heterocycles. The zero-order valence-electron chi connectivity index (χ0n) is 13.0. The molecule has 0 unspecified atom stereocenters. The van der Waals surface area contributed by atoms with E-state index in [0.29, 0.717) is 11.9 Å². The molecule has 116 valence electrons. The molecule has 0 spiro atoms. The molecule has 1 fully saturated rings. The molecular weight excluding hydrogens is 279 g/mol. The Morgan fingerprint density at radius 1 is 1.23 bits per heavy atom. The summed E-state index contributed by atoms with van der Waals surface area (Å²) < 4.78 is 13.6. The van der Waals surface area contributed by atoms with Gasteiger partial charge in [0.25, 0.3) is 0 Å². The van der Waals surface area contributed by atoms with Crippen molar-refractivity contribution < 1.29 is 4.39 Å². The van der Waals surface area contributed by atoms with Crippen molar-refractivity contribution in [3.63, 3.8) is 0 Å². The van der Waals surface area contributed by atoms with Crippen LogP contribution in [0, 0.1) is 5.82 Å². The van der Waals surface area contributed by atoms with Crippen molar-refractivity contribution in [2.24, 2.45) is 0 Å². The van der Waals surface area contributed by atoms with Gasteiger partial charge >= 0.3 is 0 Å². The Morgan fingerprint density at radius 2 is 2.00 bits per heavy atom. The molecule has 5 heteroatoms. The molecule has 0 atom stereocenters. The average molecular weight is 300 g/mol. The van der Waals surface area contributed by atoms with Crippen LogP contribution in [0.25, 0.3) is 11.1 Å². The lowest BCUT2D eigenvalue weighted by Gasteiger charge is -2.25. The third-order valence-electron chi connectivity index (χ3n) is 4.07. The lowest BCUT2D eigenvalue weighted by molar-refractivity contribution is 0.453. The molecule has 3 rings (SSSR count). The van der Waals surface area contributed by atoms with Gasteiger partial charge in [-0.1, -0.05) is 12.1 Å². The number of hydrogen-bond acceptors (Lipinski definition) is 4. The van der Waals surface area contributed by atoms with Crippen LogP contribution in [0.3, 0.4) is 0 Å². The highest BCUT2D eigenvalue weighted by Gasteiger charge is 2.22. The summed E-state index contributed by atoms with van der Waals surface area (Å²) >= 11 is 0. The zero-order valence-corrected chi connectivity index (χ0v) is 13.0. The van der Waals surface area contributed by atoms with E-state index >= 15 is 0 Å². The maximum Gasteiger partial charge on any atom is 0.225 e. The minimum absolute atomic E-state index is 0.231. The number of halogens is 1. The Bertz CT molecular complexity index is 651. The van der Waals surface area contributed by atoms with E-state index in [0.717, 1.165) is 42.8 Å². The highest BCUT2D eigenvalue weighted by molar-refractivity contribution is 5.66. The smallest absolute Gasteiger partial charge is 0.225 e. The molecule has 1 aromatic carbocycles. The van der Waals surface area contributed by atoms with Crippen LogP contribution in [0.5, 0.6) is 0 Å². The largest absolute Gasteiger partial charge is 0.347 e. The Morgan fingerprint density at radius 3 is 2.68 bits per heavy atom. The van der Waals surface area contributed by atoms with Crippen LogP contribution in [-0.2, 0) is 0 Å². The van der Waals surface area contributed by atoms with Gasteiger partial charge in [-0.15, -0.1) is 0 Å². The van der Waals surface area contributed by atoms with Gasteiger partial charge in [-0.2, -0.15) is 0 Å². The van der Waals surface area contributed by atoms with Crippen LogP contribution in [-0.4, -0.2) is 37.2 Å². The molecule has 0 aliphatic carbocycles. The van der Waals surface area contributed by atoms with E-state index in [4.69, 9.17) is 4.98 Å². The monoisotopic (exact) mass is 300 g/mol. The summed E-state index contributed by atoms with van der Waals surface area (Å²) in [7, 11) is 3.87. The van der Waals surface area contributed by atoms with E-state index < -0.39 is 0 Å². The van der Waals surface area contributed by atoms with Crippen molar-refractivity contribution in [3.8, 4) is 11.1 Å². The van der Waals surface area contributed by atoms with Gasteiger partial charge in [-0.3, -0.25) is 0 Å². The van der Waals surface area contributed by atoms with E-state index in [1.54, 1.807) is 12.1 Å². The number of aromatic nitrogens is 2. The number of nitrogens with one attached hydrogen (secondary N) is 1. The first kappa shape index (κ1) is 14.9. The third kappa shape index (κ3) is 3.09. The van der Waals surface area contributed by atoms with Crippen LogP contribution in [0.4, 0.5) is 10.3 Å². The van der Waals surface area contributed by atoms with Gasteiger partial charge in [0.2, 0.25) is 5.95 Å². The fourth-order valence-corrected chi connectivity index (χ4v) is 2.89. The van der Waals surface area contributed by atoms with Crippen molar-refractivity contribution in [2.75, 3.05) is 32.1 Å². The molecule has 22 heavy (non-hydrogen) atoms. The predicted molar refractivity (Wildman–Crippen MR) is 86.6 cm³/mol. The van der Waals surface area contributed by atoms with E-state index in [9.17, 15) is 4.39 Å². The minimum Gasteiger partial charge on any atom is -0.347 e. The maximum atomic E-state index is 13.6. The molecule has 1 saturated heterocycles. The van der Waals surface area contributed by atoms with Crippen LogP contribution in [0.1, 0.15) is 24.5 Å². The molecule has 1 aliphatic rings. The van der Waals surface area contributed by atoms with Crippen molar-refractivity contribution in [2.45, 2.75) is 18.8 Å². The second-order valence-corrected chi connectivity index (χ2v) is 5.90. The highest BCUT2D eigenvalue weighted by Crippen LogP contribution is 2.33. The predicted octanol–water partition coefficient (Wildman–Crippen LogP) is 2.82. The van der Waals surface area contributed by atoms with Crippen molar-refractivity contribution >= 4 is 5.95 Å². The van der Waals surface area contributed by atoms with Gasteiger partial charge in [0.15, 0.2) is 0 Å². The molecule has 1 aliphatic heterocycles. The van der Waals surface area contributed by atoms with Gasteiger partial charge < -0.3 is 10.2 Å². The van der Waals surface area contributed by atoms with Crippen molar-refractivity contribution in [1.82, 2.24) is 15.3 Å². The van der Waals surface area contributed by atoms with E-state index in [-0.39, 0.29) is 5.82 Å². The summed E-state index contributed by atoms with van der Waals surface area (Å²) in [4.78, 5) is 11.1. The Hall–Kier alpha value is -2.01. The summed E-state index contributed by atoms with van der Waals surface area (Å²) in [6.45, 7) is 1.99. The zero-order chi connectivity index (χ0) is 15.5. The summed E-state index contributed by atoms with van der Waals surface area (Å²) in [6.07, 6.45) is 3.92. The van der Waals surface area contributed by atoms with E-state index in [1.807, 2.05) is 31.3 Å². The lowest BCUT2D eigenvalue weighted by Crippen LogP contribution is -2.27. The second kappa shape index (κ2) is 6.40. The van der Waals surface area contributed by atoms with Crippen LogP contribution < -0.4 is 10.2 Å². The lowest BCUT2D eigenvalue weighted by atomic mass is 9.89. The molecule has 2 aromatic rings. The first-order valence-electron chi connectivity index (χ1n) is 7.66. The number of anilines is 1. The summed E-state index contributed by atoms with van der Waals surface area (Å²) in [6, 6.07) is 6.67. The molecule has 1 N–H and O–H groups in total. The fraction of sp³-hybridized carbons (Fsp3) is 0.412. The molecular formula is C17H21FN4. The van der Waals surface area contributed by atoms with Gasteiger partial charge in [-0.05, 0) is 43.6 Å². The van der Waals surface area contributed by atoms with Crippen molar-refractivity contribution in [3.05, 3.63) is 42.0 Å². The molecule has 0 bridgehead atoms. The van der Waals surface area contributed by atoms with E-state index in [1.165, 1.54) is 6.07 Å². The first-order chi connectivity index (χ1) is 10.6. The average Bonchev–Trinajstić information content (AvgIpc) is 2.55. The summed E-state index contributed by atoms with van der Waals surface area (Å²) in [5.74, 6) is 0.861. The van der Waals surface area contributed by atoms with Gasteiger partial charge in [0.1, 0.15) is 5.82 Å². The minimum atomic E-state index is -0.231. The fourth-order valence-electron chi connectivity index (χ4n) is 2.89. The number of benzene rings is 1. The molecule has 0 amide bonds. The topological polar surface area (TPSA) is 41.1 Å². The Labute approximate surface area is 130 Å². The maximum absolute atomic E-state index is 13.6. The SMILES string of the molecule is CN(C)c1ncc(-c2cccc(F)c2)c(C2CCNCC2)n1. The third-order valence-corrected chi connectivity index (χ3v) is 4.07. The molecule has 1 aromatic heterocycles. The van der Waals surface area contributed by atoms with Crippen LogP contribution in [0.15, 0.2) is 30.5 Å². The van der Waals surface area contributed by atoms with Crippen LogP contribution in [0.2, 0.25) is 0 Å². The standard InChI is InChI=1S/C17H21FN4/c1-22(2)17-20-11-15(13-4-3-5-14(18)10-13)16(21-17)12-6-8-19-9-7-12/h3-5,10-12,19H,6-9H2,1-2H3. The van der Waals surface area contributed by atoms with Gasteiger partial charge in [0, 0.05) is 31.8 Å². The number of hydrogen-bond donors (Lipinski definition) is 1. The number of piperidine rings is 1. The molecule has 0 radical (unpaired) electrons. The molecule has 0 saturated carbocycles. The second-order valence-electron chi connectivity index (χ2n) is 5.90. The molecule has 4 nitrogen and oxygen atoms in total.